The molecule has 0 saturated carbocycles. The van der Waals surface area contributed by atoms with Gasteiger partial charge >= 0.3 is 0 Å². The Morgan fingerprint density at radius 1 is 1.43 bits per heavy atom. The summed E-state index contributed by atoms with van der Waals surface area (Å²) in [7, 11) is 2.00. The van der Waals surface area contributed by atoms with Crippen molar-refractivity contribution >= 4 is 27.0 Å². The standard InChI is InChI=1S/C10H12BrN3/c1-4-8-12-6(2)9-7(11)5-14(3)10(9)13-8/h5H,4H2,1-3H3. The van der Waals surface area contributed by atoms with E-state index in [4.69, 9.17) is 0 Å². The maximum Gasteiger partial charge on any atom is 0.144 e. The molecule has 2 rings (SSSR count). The predicted octanol–water partition coefficient (Wildman–Crippen LogP) is 2.60. The normalized spacial score (nSPS) is 11.1. The quantitative estimate of drug-likeness (QED) is 0.783. The highest BCUT2D eigenvalue weighted by Crippen LogP contribution is 2.26. The van der Waals surface area contributed by atoms with Crippen molar-refractivity contribution in [3.63, 3.8) is 0 Å². The summed E-state index contributed by atoms with van der Waals surface area (Å²) >= 11 is 3.51. The molecular weight excluding hydrogens is 242 g/mol. The Morgan fingerprint density at radius 2 is 2.14 bits per heavy atom. The Hall–Kier alpha value is -0.900. The van der Waals surface area contributed by atoms with E-state index >= 15 is 0 Å². The number of rotatable bonds is 1. The van der Waals surface area contributed by atoms with Gasteiger partial charge in [0, 0.05) is 24.1 Å². The second-order valence-electron chi connectivity index (χ2n) is 3.37. The molecule has 14 heavy (non-hydrogen) atoms. The van der Waals surface area contributed by atoms with E-state index in [1.165, 1.54) is 0 Å². The zero-order chi connectivity index (χ0) is 10.3. The van der Waals surface area contributed by atoms with Crippen molar-refractivity contribution in [3.8, 4) is 0 Å². The smallest absolute Gasteiger partial charge is 0.144 e. The van der Waals surface area contributed by atoms with Crippen LogP contribution in [0.15, 0.2) is 10.7 Å². The molecule has 0 aliphatic carbocycles. The number of nitrogens with zero attached hydrogens (tertiary/aromatic N) is 3. The molecule has 4 heteroatoms. The third-order valence-corrected chi connectivity index (χ3v) is 2.91. The lowest BCUT2D eigenvalue weighted by Gasteiger charge is -2.01. The highest BCUT2D eigenvalue weighted by atomic mass is 79.9. The topological polar surface area (TPSA) is 30.7 Å². The fourth-order valence-electron chi connectivity index (χ4n) is 1.60. The van der Waals surface area contributed by atoms with Crippen molar-refractivity contribution in [2.75, 3.05) is 0 Å². The summed E-state index contributed by atoms with van der Waals surface area (Å²) in [6.45, 7) is 4.09. The number of hydrogen-bond donors (Lipinski definition) is 0. The van der Waals surface area contributed by atoms with Gasteiger partial charge < -0.3 is 4.57 Å². The van der Waals surface area contributed by atoms with Crippen molar-refractivity contribution in [3.05, 3.63) is 22.2 Å². The molecule has 0 radical (unpaired) electrons. The molecule has 0 spiro atoms. The second kappa shape index (κ2) is 3.35. The van der Waals surface area contributed by atoms with E-state index < -0.39 is 0 Å². The Bertz CT molecular complexity index is 488. The third-order valence-electron chi connectivity index (χ3n) is 2.31. The summed E-state index contributed by atoms with van der Waals surface area (Å²) in [5, 5.41) is 1.12. The molecule has 0 bridgehead atoms. The summed E-state index contributed by atoms with van der Waals surface area (Å²) < 4.78 is 3.09. The fourth-order valence-corrected chi connectivity index (χ4v) is 2.37. The summed E-state index contributed by atoms with van der Waals surface area (Å²) in [4.78, 5) is 8.94. The van der Waals surface area contributed by atoms with Gasteiger partial charge in [0.2, 0.25) is 0 Å². The first-order valence-electron chi connectivity index (χ1n) is 4.61. The number of aryl methyl sites for hydroxylation is 3. The van der Waals surface area contributed by atoms with Crippen LogP contribution < -0.4 is 0 Å². The lowest BCUT2D eigenvalue weighted by atomic mass is 10.3. The number of hydrogen-bond acceptors (Lipinski definition) is 2. The number of aromatic nitrogens is 3. The van der Waals surface area contributed by atoms with Crippen LogP contribution in [0, 0.1) is 6.92 Å². The molecule has 0 aliphatic heterocycles. The van der Waals surface area contributed by atoms with E-state index in [1.54, 1.807) is 0 Å². The zero-order valence-electron chi connectivity index (χ0n) is 8.50. The lowest BCUT2D eigenvalue weighted by molar-refractivity contribution is 0.894. The molecule has 0 unspecified atom stereocenters. The van der Waals surface area contributed by atoms with Gasteiger partial charge in [0.05, 0.1) is 11.1 Å². The average molecular weight is 254 g/mol. The van der Waals surface area contributed by atoms with E-state index in [0.29, 0.717) is 0 Å². The van der Waals surface area contributed by atoms with Crippen LogP contribution in [0.1, 0.15) is 18.4 Å². The minimum absolute atomic E-state index is 0.875. The molecule has 74 valence electrons. The van der Waals surface area contributed by atoms with Crippen molar-refractivity contribution in [2.45, 2.75) is 20.3 Å². The molecule has 3 nitrogen and oxygen atoms in total. The van der Waals surface area contributed by atoms with Crippen LogP contribution in [-0.2, 0) is 13.5 Å². The highest BCUT2D eigenvalue weighted by molar-refractivity contribution is 9.10. The van der Waals surface area contributed by atoms with Gasteiger partial charge in [-0.2, -0.15) is 0 Å². The van der Waals surface area contributed by atoms with Gasteiger partial charge in [-0.25, -0.2) is 9.97 Å². The van der Waals surface area contributed by atoms with Gasteiger partial charge in [-0.1, -0.05) is 6.92 Å². The molecule has 0 amide bonds. The summed E-state index contributed by atoms with van der Waals surface area (Å²) in [5.74, 6) is 0.906. The van der Waals surface area contributed by atoms with Gasteiger partial charge in [0.25, 0.3) is 0 Å². The van der Waals surface area contributed by atoms with Crippen LogP contribution in [0.4, 0.5) is 0 Å². The molecule has 0 saturated heterocycles. The molecule has 2 heterocycles. The molecule has 2 aromatic heterocycles. The van der Waals surface area contributed by atoms with Crippen LogP contribution in [0.25, 0.3) is 11.0 Å². The maximum absolute atomic E-state index is 4.50. The summed E-state index contributed by atoms with van der Waals surface area (Å²) in [6, 6.07) is 0. The second-order valence-corrected chi connectivity index (χ2v) is 4.22. The van der Waals surface area contributed by atoms with Crippen LogP contribution in [0.3, 0.4) is 0 Å². The molecule has 0 fully saturated rings. The SMILES string of the molecule is CCc1nc(C)c2c(Br)cn(C)c2n1. The van der Waals surface area contributed by atoms with Crippen LogP contribution in [0.2, 0.25) is 0 Å². The average Bonchev–Trinajstić information content (AvgIpc) is 2.42. The minimum atomic E-state index is 0.875. The zero-order valence-corrected chi connectivity index (χ0v) is 10.1. The van der Waals surface area contributed by atoms with Crippen molar-refractivity contribution in [2.24, 2.45) is 7.05 Å². The third kappa shape index (κ3) is 1.34. The summed E-state index contributed by atoms with van der Waals surface area (Å²) in [5.41, 5.74) is 2.04. The van der Waals surface area contributed by atoms with Crippen LogP contribution >= 0.6 is 15.9 Å². The molecule has 0 aliphatic rings. The van der Waals surface area contributed by atoms with Crippen molar-refractivity contribution in [1.82, 2.24) is 14.5 Å². The van der Waals surface area contributed by atoms with Gasteiger partial charge in [-0.3, -0.25) is 0 Å². The Balaban J connectivity index is 2.86. The number of fused-ring (bicyclic) bond motifs is 1. The van der Waals surface area contributed by atoms with Crippen molar-refractivity contribution in [1.29, 1.82) is 0 Å². The van der Waals surface area contributed by atoms with Crippen LogP contribution in [-0.4, -0.2) is 14.5 Å². The van der Waals surface area contributed by atoms with E-state index in [2.05, 4.69) is 32.8 Å². The number of halogens is 1. The van der Waals surface area contributed by atoms with E-state index in [1.807, 2.05) is 24.7 Å². The van der Waals surface area contributed by atoms with Gasteiger partial charge in [-0.15, -0.1) is 0 Å². The predicted molar refractivity (Wildman–Crippen MR) is 60.3 cm³/mol. The first-order valence-corrected chi connectivity index (χ1v) is 5.40. The summed E-state index contributed by atoms with van der Waals surface area (Å²) in [6.07, 6.45) is 2.89. The maximum atomic E-state index is 4.50. The Morgan fingerprint density at radius 3 is 2.79 bits per heavy atom. The first-order chi connectivity index (χ1) is 6.63. The minimum Gasteiger partial charge on any atom is -0.334 e. The van der Waals surface area contributed by atoms with Gasteiger partial charge in [0.1, 0.15) is 11.5 Å². The highest BCUT2D eigenvalue weighted by Gasteiger charge is 2.10. The van der Waals surface area contributed by atoms with E-state index in [-0.39, 0.29) is 0 Å². The van der Waals surface area contributed by atoms with Gasteiger partial charge in [0.15, 0.2) is 0 Å². The molecule has 0 atom stereocenters. The molecular formula is C10H12BrN3. The molecule has 0 N–H and O–H groups in total. The molecule has 0 aromatic carbocycles. The lowest BCUT2D eigenvalue weighted by Crippen LogP contribution is -1.98. The fraction of sp³-hybridized carbons (Fsp3) is 0.400. The first kappa shape index (κ1) is 9.65. The van der Waals surface area contributed by atoms with Crippen molar-refractivity contribution < 1.29 is 0 Å². The Labute approximate surface area is 91.3 Å². The monoisotopic (exact) mass is 253 g/mol. The van der Waals surface area contributed by atoms with Gasteiger partial charge in [-0.05, 0) is 22.9 Å². The van der Waals surface area contributed by atoms with E-state index in [9.17, 15) is 0 Å². The van der Waals surface area contributed by atoms with Crippen LogP contribution in [0.5, 0.6) is 0 Å². The molecule has 2 aromatic rings. The largest absolute Gasteiger partial charge is 0.334 e. The van der Waals surface area contributed by atoms with E-state index in [0.717, 1.165) is 33.4 Å². The Kier molecular flexibility index (Phi) is 2.31.